The lowest BCUT2D eigenvalue weighted by molar-refractivity contribution is -0.112. The van der Waals surface area contributed by atoms with E-state index in [1.165, 1.54) is 20.4 Å². The van der Waals surface area contributed by atoms with Crippen molar-refractivity contribution in [3.63, 3.8) is 0 Å². The van der Waals surface area contributed by atoms with Crippen LogP contribution in [0.3, 0.4) is 0 Å². The number of amides is 1. The first-order valence-electron chi connectivity index (χ1n) is 7.64. The number of anilines is 2. The van der Waals surface area contributed by atoms with Gasteiger partial charge in [0, 0.05) is 16.7 Å². The van der Waals surface area contributed by atoms with Crippen molar-refractivity contribution < 1.29 is 14.3 Å². The Bertz CT molecular complexity index is 888. The Morgan fingerprint density at radius 1 is 1.15 bits per heavy atom. The Balaban J connectivity index is 2.20. The molecule has 26 heavy (non-hydrogen) atoms. The summed E-state index contributed by atoms with van der Waals surface area (Å²) >= 11 is 3.44. The van der Waals surface area contributed by atoms with E-state index >= 15 is 0 Å². The van der Waals surface area contributed by atoms with E-state index in [9.17, 15) is 10.1 Å². The molecular formula is C19H18BrN3O3. The minimum atomic E-state index is -0.560. The number of methoxy groups -OCH3 is 2. The van der Waals surface area contributed by atoms with Crippen molar-refractivity contribution in [2.24, 2.45) is 0 Å². The van der Waals surface area contributed by atoms with E-state index in [1.807, 2.05) is 31.2 Å². The third kappa shape index (κ3) is 4.77. The number of nitrogens with one attached hydrogen (secondary N) is 2. The van der Waals surface area contributed by atoms with Gasteiger partial charge in [0.1, 0.15) is 23.1 Å². The highest BCUT2D eigenvalue weighted by molar-refractivity contribution is 9.10. The van der Waals surface area contributed by atoms with Crippen LogP contribution in [-0.2, 0) is 4.79 Å². The number of aryl methyl sites for hydroxylation is 1. The third-order valence-electron chi connectivity index (χ3n) is 3.52. The van der Waals surface area contributed by atoms with Crippen molar-refractivity contribution in [2.75, 3.05) is 24.9 Å². The van der Waals surface area contributed by atoms with Crippen LogP contribution in [0.2, 0.25) is 0 Å². The Morgan fingerprint density at radius 2 is 1.92 bits per heavy atom. The first-order valence-corrected chi connectivity index (χ1v) is 8.44. The number of hydrogen-bond acceptors (Lipinski definition) is 5. The van der Waals surface area contributed by atoms with E-state index < -0.39 is 5.91 Å². The predicted octanol–water partition coefficient (Wildman–Crippen LogP) is 4.23. The molecule has 2 N–H and O–H groups in total. The fourth-order valence-corrected chi connectivity index (χ4v) is 2.74. The largest absolute Gasteiger partial charge is 0.497 e. The predicted molar refractivity (Wildman–Crippen MR) is 104 cm³/mol. The first-order chi connectivity index (χ1) is 12.5. The zero-order valence-corrected chi connectivity index (χ0v) is 16.2. The summed E-state index contributed by atoms with van der Waals surface area (Å²) < 4.78 is 11.2. The molecule has 0 unspecified atom stereocenters. The van der Waals surface area contributed by atoms with Gasteiger partial charge in [0.25, 0.3) is 5.91 Å². The molecule has 6 nitrogen and oxygen atoms in total. The Kier molecular flexibility index (Phi) is 6.64. The van der Waals surface area contributed by atoms with Gasteiger partial charge in [-0.2, -0.15) is 5.26 Å². The van der Waals surface area contributed by atoms with Crippen molar-refractivity contribution in [3.05, 3.63) is 58.2 Å². The minimum absolute atomic E-state index is 0.0812. The maximum absolute atomic E-state index is 12.4. The van der Waals surface area contributed by atoms with E-state index in [0.717, 1.165) is 15.7 Å². The van der Waals surface area contributed by atoms with Crippen LogP contribution in [0.5, 0.6) is 11.5 Å². The van der Waals surface area contributed by atoms with Crippen LogP contribution < -0.4 is 20.1 Å². The summed E-state index contributed by atoms with van der Waals surface area (Å²) in [5.41, 5.74) is 2.17. The van der Waals surface area contributed by atoms with Gasteiger partial charge in [0.05, 0.1) is 25.6 Å². The second kappa shape index (κ2) is 8.92. The average Bonchev–Trinajstić information content (AvgIpc) is 2.63. The van der Waals surface area contributed by atoms with Gasteiger partial charge in [0.2, 0.25) is 0 Å². The van der Waals surface area contributed by atoms with Crippen LogP contribution >= 0.6 is 15.9 Å². The fourth-order valence-electron chi connectivity index (χ4n) is 2.14. The summed E-state index contributed by atoms with van der Waals surface area (Å²) in [6.07, 6.45) is 1.36. The Morgan fingerprint density at radius 3 is 2.54 bits per heavy atom. The highest BCUT2D eigenvalue weighted by atomic mass is 79.9. The molecule has 0 saturated carbocycles. The summed E-state index contributed by atoms with van der Waals surface area (Å²) in [5, 5.41) is 14.9. The van der Waals surface area contributed by atoms with E-state index in [0.29, 0.717) is 17.2 Å². The SMILES string of the molecule is COc1ccc(OC)c(NC(=O)/C(C#N)=C\Nc2ccc(C)cc2Br)c1. The van der Waals surface area contributed by atoms with Crippen LogP contribution in [0.1, 0.15) is 5.56 Å². The highest BCUT2D eigenvalue weighted by Gasteiger charge is 2.13. The van der Waals surface area contributed by atoms with Crippen molar-refractivity contribution in [3.8, 4) is 17.6 Å². The van der Waals surface area contributed by atoms with Crippen LogP contribution in [0, 0.1) is 18.3 Å². The lowest BCUT2D eigenvalue weighted by atomic mass is 10.2. The lowest BCUT2D eigenvalue weighted by Crippen LogP contribution is -2.15. The maximum atomic E-state index is 12.4. The molecule has 2 aromatic rings. The van der Waals surface area contributed by atoms with Crippen LogP contribution in [0.15, 0.2) is 52.6 Å². The molecule has 0 saturated heterocycles. The molecule has 0 fully saturated rings. The number of nitrogens with zero attached hydrogens (tertiary/aromatic N) is 1. The number of ether oxygens (including phenoxy) is 2. The number of benzene rings is 2. The van der Waals surface area contributed by atoms with Gasteiger partial charge in [0.15, 0.2) is 0 Å². The van der Waals surface area contributed by atoms with Crippen LogP contribution in [-0.4, -0.2) is 20.1 Å². The van der Waals surface area contributed by atoms with E-state index in [4.69, 9.17) is 9.47 Å². The summed E-state index contributed by atoms with van der Waals surface area (Å²) in [4.78, 5) is 12.4. The summed E-state index contributed by atoms with van der Waals surface area (Å²) in [6, 6.07) is 12.6. The molecule has 134 valence electrons. The second-order valence-corrected chi connectivity index (χ2v) is 6.17. The molecule has 0 aliphatic heterocycles. The number of halogens is 1. The number of rotatable bonds is 6. The van der Waals surface area contributed by atoms with Crippen molar-refractivity contribution >= 4 is 33.2 Å². The number of hydrogen-bond donors (Lipinski definition) is 2. The van der Waals surface area contributed by atoms with Crippen molar-refractivity contribution in [1.29, 1.82) is 5.26 Å². The molecule has 0 bridgehead atoms. The quantitative estimate of drug-likeness (QED) is 0.544. The topological polar surface area (TPSA) is 83.4 Å². The summed E-state index contributed by atoms with van der Waals surface area (Å²) in [7, 11) is 3.02. The Hall–Kier alpha value is -2.98. The lowest BCUT2D eigenvalue weighted by Gasteiger charge is -2.11. The average molecular weight is 416 g/mol. The van der Waals surface area contributed by atoms with Gasteiger partial charge < -0.3 is 20.1 Å². The second-order valence-electron chi connectivity index (χ2n) is 5.32. The molecule has 0 aliphatic carbocycles. The molecule has 0 radical (unpaired) electrons. The highest BCUT2D eigenvalue weighted by Crippen LogP contribution is 2.29. The first kappa shape index (κ1) is 19.3. The van der Waals surface area contributed by atoms with Crippen molar-refractivity contribution in [2.45, 2.75) is 6.92 Å². The molecule has 0 spiro atoms. The number of carbonyl (C=O) groups excluding carboxylic acids is 1. The van der Waals surface area contributed by atoms with Gasteiger partial charge in [-0.25, -0.2) is 0 Å². The summed E-state index contributed by atoms with van der Waals surface area (Å²) in [6.45, 7) is 1.97. The Labute approximate surface area is 160 Å². The molecule has 0 atom stereocenters. The van der Waals surface area contributed by atoms with E-state index in [1.54, 1.807) is 18.2 Å². The summed E-state index contributed by atoms with van der Waals surface area (Å²) in [5.74, 6) is 0.464. The fraction of sp³-hybridized carbons (Fsp3) is 0.158. The van der Waals surface area contributed by atoms with E-state index in [-0.39, 0.29) is 5.57 Å². The van der Waals surface area contributed by atoms with E-state index in [2.05, 4.69) is 26.6 Å². The zero-order valence-electron chi connectivity index (χ0n) is 14.6. The zero-order chi connectivity index (χ0) is 19.1. The van der Waals surface area contributed by atoms with Crippen molar-refractivity contribution in [1.82, 2.24) is 0 Å². The van der Waals surface area contributed by atoms with Gasteiger partial charge in [-0.3, -0.25) is 4.79 Å². The molecule has 0 heterocycles. The molecule has 2 aromatic carbocycles. The van der Waals surface area contributed by atoms with Gasteiger partial charge in [-0.15, -0.1) is 0 Å². The standard InChI is InChI=1S/C19H18BrN3O3/c1-12-4-6-16(15(20)8-12)22-11-13(10-21)19(24)23-17-9-14(25-2)5-7-18(17)26-3/h4-9,11,22H,1-3H3,(H,23,24)/b13-11-. The van der Waals surface area contributed by atoms with Gasteiger partial charge >= 0.3 is 0 Å². The van der Waals surface area contributed by atoms with Gasteiger partial charge in [-0.1, -0.05) is 6.07 Å². The molecule has 1 amide bonds. The monoisotopic (exact) mass is 415 g/mol. The molecule has 2 rings (SSSR count). The smallest absolute Gasteiger partial charge is 0.267 e. The minimum Gasteiger partial charge on any atom is -0.497 e. The number of nitriles is 1. The normalized spacial score (nSPS) is 10.7. The third-order valence-corrected chi connectivity index (χ3v) is 4.17. The van der Waals surface area contributed by atoms with Crippen LogP contribution in [0.25, 0.3) is 0 Å². The van der Waals surface area contributed by atoms with Gasteiger partial charge in [-0.05, 0) is 52.7 Å². The number of carbonyl (C=O) groups is 1. The van der Waals surface area contributed by atoms with Crippen LogP contribution in [0.4, 0.5) is 11.4 Å². The maximum Gasteiger partial charge on any atom is 0.267 e. The molecule has 0 aliphatic rings. The molecule has 0 aromatic heterocycles. The molecule has 7 heteroatoms. The molecular weight excluding hydrogens is 398 g/mol.